The standard InChI is InChI=1S/C17H20ClN3O3S/c1-12(2)16(17(22)20-11-13-4-3-9-19-10-13)21-25(23,24)15-7-5-14(18)6-8-15/h3-10,12,16,21H,11H2,1-2H3,(H,20,22)/t16-/m0/s1. The van der Waals surface area contributed by atoms with E-state index in [1.807, 2.05) is 6.07 Å². The largest absolute Gasteiger partial charge is 0.351 e. The van der Waals surface area contributed by atoms with Crippen LogP contribution in [0.1, 0.15) is 19.4 Å². The molecule has 0 aliphatic rings. The second-order valence-corrected chi connectivity index (χ2v) is 8.03. The quantitative estimate of drug-likeness (QED) is 0.770. The Hall–Kier alpha value is -1.96. The number of carbonyl (C=O) groups is 1. The van der Waals surface area contributed by atoms with Gasteiger partial charge in [-0.3, -0.25) is 9.78 Å². The summed E-state index contributed by atoms with van der Waals surface area (Å²) in [6.45, 7) is 3.83. The second-order valence-electron chi connectivity index (χ2n) is 5.88. The van der Waals surface area contributed by atoms with Crippen LogP contribution in [-0.4, -0.2) is 25.4 Å². The summed E-state index contributed by atoms with van der Waals surface area (Å²) in [5.74, 6) is -0.618. The molecule has 0 radical (unpaired) electrons. The van der Waals surface area contributed by atoms with Crippen LogP contribution in [0.3, 0.4) is 0 Å². The third kappa shape index (κ3) is 5.52. The van der Waals surface area contributed by atoms with Crippen molar-refractivity contribution in [3.63, 3.8) is 0 Å². The van der Waals surface area contributed by atoms with Gasteiger partial charge in [0, 0.05) is 24.0 Å². The highest BCUT2D eigenvalue weighted by Gasteiger charge is 2.28. The number of nitrogens with one attached hydrogen (secondary N) is 2. The molecule has 0 spiro atoms. The van der Waals surface area contributed by atoms with E-state index in [1.165, 1.54) is 24.3 Å². The highest BCUT2D eigenvalue weighted by atomic mass is 35.5. The molecule has 1 heterocycles. The van der Waals surface area contributed by atoms with Crippen LogP contribution in [0.4, 0.5) is 0 Å². The van der Waals surface area contributed by atoms with Crippen LogP contribution >= 0.6 is 11.6 Å². The van der Waals surface area contributed by atoms with Gasteiger partial charge < -0.3 is 5.32 Å². The zero-order chi connectivity index (χ0) is 18.4. The van der Waals surface area contributed by atoms with E-state index in [0.29, 0.717) is 5.02 Å². The fourth-order valence-electron chi connectivity index (χ4n) is 2.14. The molecule has 0 unspecified atom stereocenters. The van der Waals surface area contributed by atoms with E-state index in [1.54, 1.807) is 32.3 Å². The maximum Gasteiger partial charge on any atom is 0.241 e. The van der Waals surface area contributed by atoms with E-state index < -0.39 is 22.0 Å². The van der Waals surface area contributed by atoms with E-state index in [9.17, 15) is 13.2 Å². The molecule has 0 bridgehead atoms. The molecule has 0 aliphatic carbocycles. The lowest BCUT2D eigenvalue weighted by atomic mass is 10.0. The molecule has 0 saturated carbocycles. The van der Waals surface area contributed by atoms with Gasteiger partial charge in [0.2, 0.25) is 15.9 Å². The van der Waals surface area contributed by atoms with Gasteiger partial charge in [0.25, 0.3) is 0 Å². The average molecular weight is 382 g/mol. The first-order valence-electron chi connectivity index (χ1n) is 7.74. The Balaban J connectivity index is 2.09. The number of hydrogen-bond acceptors (Lipinski definition) is 4. The maximum atomic E-state index is 12.5. The highest BCUT2D eigenvalue weighted by Crippen LogP contribution is 2.15. The van der Waals surface area contributed by atoms with Crippen LogP contribution in [0.5, 0.6) is 0 Å². The number of nitrogens with zero attached hydrogens (tertiary/aromatic N) is 1. The maximum absolute atomic E-state index is 12.5. The van der Waals surface area contributed by atoms with Gasteiger partial charge in [0.1, 0.15) is 6.04 Å². The Bertz CT molecular complexity index is 809. The molecule has 6 nitrogen and oxygen atoms in total. The van der Waals surface area contributed by atoms with Crippen LogP contribution < -0.4 is 10.0 Å². The van der Waals surface area contributed by atoms with Crippen molar-refractivity contribution in [1.29, 1.82) is 0 Å². The summed E-state index contributed by atoms with van der Waals surface area (Å²) in [6, 6.07) is 8.48. The lowest BCUT2D eigenvalue weighted by molar-refractivity contribution is -0.123. The van der Waals surface area contributed by atoms with Crippen molar-refractivity contribution in [2.45, 2.75) is 31.3 Å². The van der Waals surface area contributed by atoms with Crippen molar-refractivity contribution in [3.8, 4) is 0 Å². The van der Waals surface area contributed by atoms with E-state index in [0.717, 1.165) is 5.56 Å². The van der Waals surface area contributed by atoms with Crippen LogP contribution in [-0.2, 0) is 21.4 Å². The predicted octanol–water partition coefficient (Wildman–Crippen LogP) is 2.35. The first-order valence-corrected chi connectivity index (χ1v) is 9.60. The van der Waals surface area contributed by atoms with Crippen LogP contribution in [0, 0.1) is 5.92 Å². The molecule has 1 amide bonds. The van der Waals surface area contributed by atoms with Gasteiger partial charge in [-0.25, -0.2) is 8.42 Å². The average Bonchev–Trinajstić information content (AvgIpc) is 2.58. The number of carbonyl (C=O) groups excluding carboxylic acids is 1. The molecular weight excluding hydrogens is 362 g/mol. The minimum Gasteiger partial charge on any atom is -0.351 e. The zero-order valence-corrected chi connectivity index (χ0v) is 15.5. The molecule has 0 fully saturated rings. The number of aromatic nitrogens is 1. The van der Waals surface area contributed by atoms with E-state index in [-0.39, 0.29) is 17.4 Å². The van der Waals surface area contributed by atoms with Crippen molar-refractivity contribution in [2.75, 3.05) is 0 Å². The molecule has 0 aliphatic heterocycles. The Morgan fingerprint density at radius 1 is 1.20 bits per heavy atom. The Morgan fingerprint density at radius 2 is 1.88 bits per heavy atom. The number of halogens is 1. The summed E-state index contributed by atoms with van der Waals surface area (Å²) in [6.07, 6.45) is 3.28. The molecule has 134 valence electrons. The summed E-state index contributed by atoms with van der Waals surface area (Å²) < 4.78 is 27.5. The summed E-state index contributed by atoms with van der Waals surface area (Å²) >= 11 is 5.78. The monoisotopic (exact) mass is 381 g/mol. The molecule has 1 aromatic carbocycles. The number of amides is 1. The fourth-order valence-corrected chi connectivity index (χ4v) is 3.61. The minimum absolute atomic E-state index is 0.0580. The van der Waals surface area contributed by atoms with E-state index in [2.05, 4.69) is 15.0 Å². The van der Waals surface area contributed by atoms with Crippen molar-refractivity contribution in [2.24, 2.45) is 5.92 Å². The van der Waals surface area contributed by atoms with Gasteiger partial charge >= 0.3 is 0 Å². The Kier molecular flexibility index (Phi) is 6.52. The number of hydrogen-bond donors (Lipinski definition) is 2. The molecule has 2 rings (SSSR count). The highest BCUT2D eigenvalue weighted by molar-refractivity contribution is 7.89. The summed E-state index contributed by atoms with van der Waals surface area (Å²) in [5.41, 5.74) is 0.832. The topological polar surface area (TPSA) is 88.2 Å². The third-order valence-electron chi connectivity index (χ3n) is 3.54. The SMILES string of the molecule is CC(C)[C@H](NS(=O)(=O)c1ccc(Cl)cc1)C(=O)NCc1cccnc1. The van der Waals surface area contributed by atoms with E-state index in [4.69, 9.17) is 11.6 Å². The molecular formula is C17H20ClN3O3S. The van der Waals surface area contributed by atoms with Crippen molar-refractivity contribution in [1.82, 2.24) is 15.0 Å². The third-order valence-corrected chi connectivity index (χ3v) is 5.25. The van der Waals surface area contributed by atoms with Gasteiger partial charge in [-0.2, -0.15) is 4.72 Å². The van der Waals surface area contributed by atoms with Crippen molar-refractivity contribution < 1.29 is 13.2 Å². The normalized spacial score (nSPS) is 12.8. The van der Waals surface area contributed by atoms with Gasteiger partial charge in [-0.05, 0) is 41.8 Å². The molecule has 25 heavy (non-hydrogen) atoms. The van der Waals surface area contributed by atoms with Crippen molar-refractivity contribution >= 4 is 27.5 Å². The lowest BCUT2D eigenvalue weighted by Crippen LogP contribution is -2.49. The van der Waals surface area contributed by atoms with Crippen LogP contribution in [0.2, 0.25) is 5.02 Å². The molecule has 8 heteroatoms. The number of benzene rings is 1. The first kappa shape index (κ1) is 19.4. The minimum atomic E-state index is -3.83. The van der Waals surface area contributed by atoms with Crippen LogP contribution in [0.15, 0.2) is 53.7 Å². The smallest absolute Gasteiger partial charge is 0.241 e. The first-order chi connectivity index (χ1) is 11.8. The van der Waals surface area contributed by atoms with Gasteiger partial charge in [-0.1, -0.05) is 31.5 Å². The van der Waals surface area contributed by atoms with Crippen molar-refractivity contribution in [3.05, 3.63) is 59.4 Å². The van der Waals surface area contributed by atoms with Gasteiger partial charge in [0.05, 0.1) is 4.90 Å². The Morgan fingerprint density at radius 3 is 2.44 bits per heavy atom. The summed E-state index contributed by atoms with van der Waals surface area (Å²) in [5, 5.41) is 3.18. The number of rotatable bonds is 7. The molecule has 2 aromatic rings. The fraction of sp³-hybridized carbons (Fsp3) is 0.294. The molecule has 1 atom stereocenters. The van der Waals surface area contributed by atoms with Crippen LogP contribution in [0.25, 0.3) is 0 Å². The summed E-state index contributed by atoms with van der Waals surface area (Å²) in [7, 11) is -3.83. The van der Waals surface area contributed by atoms with E-state index >= 15 is 0 Å². The molecule has 1 aromatic heterocycles. The lowest BCUT2D eigenvalue weighted by Gasteiger charge is -2.21. The number of pyridine rings is 1. The second kappa shape index (κ2) is 8.42. The molecule has 0 saturated heterocycles. The van der Waals surface area contributed by atoms with Gasteiger partial charge in [0.15, 0.2) is 0 Å². The number of sulfonamides is 1. The predicted molar refractivity (Wildman–Crippen MR) is 96.5 cm³/mol. The van der Waals surface area contributed by atoms with Gasteiger partial charge in [-0.15, -0.1) is 0 Å². The zero-order valence-electron chi connectivity index (χ0n) is 13.9. The summed E-state index contributed by atoms with van der Waals surface area (Å²) in [4.78, 5) is 16.5. The Labute approximate surface area is 152 Å². The molecule has 2 N–H and O–H groups in total.